The van der Waals surface area contributed by atoms with Gasteiger partial charge < -0.3 is 5.73 Å². The molecule has 0 aliphatic rings. The second-order valence-corrected chi connectivity index (χ2v) is 2.86. The first-order chi connectivity index (χ1) is 3.13. The van der Waals surface area contributed by atoms with Gasteiger partial charge in [-0.1, -0.05) is 13.8 Å². The molecule has 0 aromatic heterocycles. The summed E-state index contributed by atoms with van der Waals surface area (Å²) in [5.41, 5.74) is 5.36. The third-order valence-electron chi connectivity index (χ3n) is 0.713. The van der Waals surface area contributed by atoms with Crippen molar-refractivity contribution in [3.8, 4) is 0 Å². The maximum Gasteiger partial charge on any atom is 0.0479 e. The van der Waals surface area contributed by atoms with Gasteiger partial charge in [0.15, 0.2) is 0 Å². The summed E-state index contributed by atoms with van der Waals surface area (Å²) in [6.45, 7) is 4.27. The first kappa shape index (κ1) is 7.31. The van der Waals surface area contributed by atoms with E-state index in [2.05, 4.69) is 26.5 Å². The third kappa shape index (κ3) is 6.31. The van der Waals surface area contributed by atoms with Crippen molar-refractivity contribution in [1.82, 2.24) is 0 Å². The van der Waals surface area contributed by atoms with Crippen LogP contribution in [0, 0.1) is 5.92 Å². The summed E-state index contributed by atoms with van der Waals surface area (Å²) in [5.74, 6) is 0.674. The van der Waals surface area contributed by atoms with Crippen molar-refractivity contribution in [2.24, 2.45) is 11.7 Å². The Balaban J connectivity index is 2.95. The van der Waals surface area contributed by atoms with Gasteiger partial charge in [0.05, 0.1) is 0 Å². The fourth-order valence-corrected chi connectivity index (χ4v) is 0.905. The molecule has 0 aliphatic heterocycles. The van der Waals surface area contributed by atoms with Crippen molar-refractivity contribution in [2.75, 3.05) is 0 Å². The molecule has 0 radical (unpaired) electrons. The summed E-state index contributed by atoms with van der Waals surface area (Å²) in [4.78, 5) is 0. The Hall–Kier alpha value is 0.310. The molecule has 0 heterocycles. The largest absolute Gasteiger partial charge is 0.320 e. The first-order valence-electron chi connectivity index (χ1n) is 2.56. The normalized spacial score (nSPS) is 15.0. The van der Waals surface area contributed by atoms with Crippen molar-refractivity contribution < 1.29 is 0 Å². The molecule has 0 bridgehead atoms. The number of rotatable bonds is 2. The predicted octanol–water partition coefficient (Wildman–Crippen LogP) is 1.25. The molecule has 0 aromatic rings. The Morgan fingerprint density at radius 1 is 1.57 bits per heavy atom. The zero-order valence-corrected chi connectivity index (χ0v) is 5.78. The average Bonchev–Trinajstić information content (AvgIpc) is 1.27. The minimum atomic E-state index is 0.0694. The number of hydrogen-bond acceptors (Lipinski definition) is 2. The lowest BCUT2D eigenvalue weighted by Gasteiger charge is -2.05. The molecule has 0 saturated heterocycles. The fraction of sp³-hybridized carbons (Fsp3) is 1.00. The van der Waals surface area contributed by atoms with E-state index in [1.54, 1.807) is 0 Å². The quantitative estimate of drug-likeness (QED) is 0.415. The highest BCUT2D eigenvalue weighted by Gasteiger charge is 1.96. The lowest BCUT2D eigenvalue weighted by atomic mass is 10.1. The number of thiol groups is 1. The van der Waals surface area contributed by atoms with Crippen LogP contribution in [-0.2, 0) is 0 Å². The molecule has 7 heavy (non-hydrogen) atoms. The van der Waals surface area contributed by atoms with Crippen molar-refractivity contribution in [3.05, 3.63) is 0 Å². The van der Waals surface area contributed by atoms with E-state index >= 15 is 0 Å². The average molecular weight is 119 g/mol. The molecule has 0 fully saturated rings. The monoisotopic (exact) mass is 119 g/mol. The second-order valence-electron chi connectivity index (χ2n) is 2.20. The SMILES string of the molecule is CC(C)CC(N)S. The molecule has 0 spiro atoms. The highest BCUT2D eigenvalue weighted by molar-refractivity contribution is 7.80. The third-order valence-corrected chi connectivity index (χ3v) is 0.924. The molecule has 2 N–H and O–H groups in total. The van der Waals surface area contributed by atoms with E-state index in [0.29, 0.717) is 5.92 Å². The van der Waals surface area contributed by atoms with Gasteiger partial charge in [0.2, 0.25) is 0 Å². The van der Waals surface area contributed by atoms with E-state index in [1.165, 1.54) is 0 Å². The van der Waals surface area contributed by atoms with Gasteiger partial charge in [-0.3, -0.25) is 0 Å². The minimum Gasteiger partial charge on any atom is -0.320 e. The summed E-state index contributed by atoms with van der Waals surface area (Å²) in [6, 6.07) is 0. The van der Waals surface area contributed by atoms with Crippen molar-refractivity contribution in [2.45, 2.75) is 25.6 Å². The summed E-state index contributed by atoms with van der Waals surface area (Å²) in [7, 11) is 0. The van der Waals surface area contributed by atoms with Crippen molar-refractivity contribution in [1.29, 1.82) is 0 Å². The van der Waals surface area contributed by atoms with Gasteiger partial charge in [-0.2, -0.15) is 12.6 Å². The molecule has 1 atom stereocenters. The zero-order chi connectivity index (χ0) is 5.86. The summed E-state index contributed by atoms with van der Waals surface area (Å²) in [5, 5.41) is 0.0694. The van der Waals surface area contributed by atoms with E-state index in [4.69, 9.17) is 5.73 Å². The molecule has 0 aromatic carbocycles. The predicted molar refractivity (Wildman–Crippen MR) is 36.4 cm³/mol. The van der Waals surface area contributed by atoms with Crippen LogP contribution in [0.25, 0.3) is 0 Å². The van der Waals surface area contributed by atoms with Crippen LogP contribution in [0.5, 0.6) is 0 Å². The van der Waals surface area contributed by atoms with Crippen molar-refractivity contribution >= 4 is 12.6 Å². The zero-order valence-electron chi connectivity index (χ0n) is 4.89. The van der Waals surface area contributed by atoms with E-state index in [1.807, 2.05) is 0 Å². The Kier molecular flexibility index (Phi) is 3.48. The van der Waals surface area contributed by atoms with Gasteiger partial charge in [0.1, 0.15) is 0 Å². The first-order valence-corrected chi connectivity index (χ1v) is 3.08. The van der Waals surface area contributed by atoms with Crippen LogP contribution in [0.2, 0.25) is 0 Å². The minimum absolute atomic E-state index is 0.0694. The Bertz CT molecular complexity index is 37.3. The van der Waals surface area contributed by atoms with Crippen LogP contribution >= 0.6 is 12.6 Å². The van der Waals surface area contributed by atoms with Gasteiger partial charge in [0, 0.05) is 5.37 Å². The van der Waals surface area contributed by atoms with E-state index in [9.17, 15) is 0 Å². The molecule has 0 amide bonds. The smallest absolute Gasteiger partial charge is 0.0479 e. The highest BCUT2D eigenvalue weighted by Crippen LogP contribution is 2.03. The fourth-order valence-electron chi connectivity index (χ4n) is 0.483. The topological polar surface area (TPSA) is 26.0 Å². The number of nitrogens with two attached hydrogens (primary N) is 1. The van der Waals surface area contributed by atoms with E-state index in [-0.39, 0.29) is 5.37 Å². The summed E-state index contributed by atoms with van der Waals surface area (Å²) >= 11 is 4.02. The van der Waals surface area contributed by atoms with Gasteiger partial charge in [0.25, 0.3) is 0 Å². The maximum absolute atomic E-state index is 5.36. The molecule has 1 unspecified atom stereocenters. The highest BCUT2D eigenvalue weighted by atomic mass is 32.1. The van der Waals surface area contributed by atoms with Gasteiger partial charge in [-0.15, -0.1) is 0 Å². The van der Waals surface area contributed by atoms with Crippen LogP contribution in [0.15, 0.2) is 0 Å². The van der Waals surface area contributed by atoms with E-state index < -0.39 is 0 Å². The van der Waals surface area contributed by atoms with Crippen LogP contribution in [0.4, 0.5) is 0 Å². The standard InChI is InChI=1S/C5H13NS/c1-4(2)3-5(6)7/h4-5,7H,3,6H2,1-2H3. The second kappa shape index (κ2) is 3.33. The van der Waals surface area contributed by atoms with Crippen LogP contribution in [0.3, 0.4) is 0 Å². The maximum atomic E-state index is 5.36. The lowest BCUT2D eigenvalue weighted by Crippen LogP contribution is -2.13. The van der Waals surface area contributed by atoms with Crippen LogP contribution in [-0.4, -0.2) is 5.37 Å². The molecule has 44 valence electrons. The molecule has 0 rings (SSSR count). The molecule has 0 aliphatic carbocycles. The Morgan fingerprint density at radius 2 is 2.00 bits per heavy atom. The van der Waals surface area contributed by atoms with Gasteiger partial charge >= 0.3 is 0 Å². The van der Waals surface area contributed by atoms with Gasteiger partial charge in [-0.25, -0.2) is 0 Å². The van der Waals surface area contributed by atoms with Crippen LogP contribution in [0.1, 0.15) is 20.3 Å². The van der Waals surface area contributed by atoms with E-state index in [0.717, 1.165) is 6.42 Å². The number of hydrogen-bond donors (Lipinski definition) is 2. The Morgan fingerprint density at radius 3 is 2.00 bits per heavy atom. The molecular formula is C5H13NS. The lowest BCUT2D eigenvalue weighted by molar-refractivity contribution is 0.578. The molecule has 1 nitrogen and oxygen atoms in total. The Labute approximate surface area is 50.7 Å². The van der Waals surface area contributed by atoms with Crippen molar-refractivity contribution in [3.63, 3.8) is 0 Å². The molecular weight excluding hydrogens is 106 g/mol. The molecule has 2 heteroatoms. The molecule has 0 saturated carbocycles. The summed E-state index contributed by atoms with van der Waals surface area (Å²) < 4.78 is 0. The van der Waals surface area contributed by atoms with Crippen LogP contribution < -0.4 is 5.73 Å². The summed E-state index contributed by atoms with van der Waals surface area (Å²) in [6.07, 6.45) is 1.00. The van der Waals surface area contributed by atoms with Gasteiger partial charge in [-0.05, 0) is 12.3 Å².